The molecule has 1 aliphatic carbocycles. The predicted molar refractivity (Wildman–Crippen MR) is 232 cm³/mol. The Hall–Kier alpha value is -2.49. The van der Waals surface area contributed by atoms with E-state index in [1.807, 2.05) is 37.3 Å². The van der Waals surface area contributed by atoms with Gasteiger partial charge in [0.15, 0.2) is 6.10 Å². The van der Waals surface area contributed by atoms with Crippen molar-refractivity contribution in [3.05, 3.63) is 60.8 Å². The molecule has 346 valence electrons. The number of carbonyl (C=O) groups excluding carboxylic acids is 2. The molecule has 0 aromatic rings. The van der Waals surface area contributed by atoms with E-state index in [1.54, 1.807) is 6.08 Å². The zero-order valence-electron chi connectivity index (χ0n) is 36.1. The zero-order valence-corrected chi connectivity index (χ0v) is 37.0. The molecule has 0 bridgehead atoms. The van der Waals surface area contributed by atoms with E-state index in [0.29, 0.717) is 25.7 Å². The maximum absolute atomic E-state index is 12.8. The predicted octanol–water partition coefficient (Wildman–Crippen LogP) is 7.14. The SMILES string of the molecule is CCCCCCCCCCCCCCCC(=O)O[C@H](COC(=O)CCC/C=C\C/C=C\C/C=C\C/C=C\C=C\[C@@H](O)CC)COP(=O)(O)OC1[C@H](O)[C@H](O)C(O)[C@H](O)[C@H]1O. The number of hydrogen-bond acceptors (Lipinski definition) is 13. The highest BCUT2D eigenvalue weighted by Crippen LogP contribution is 2.47. The molecule has 0 radical (unpaired) electrons. The van der Waals surface area contributed by atoms with Crippen LogP contribution in [0.2, 0.25) is 0 Å². The summed E-state index contributed by atoms with van der Waals surface area (Å²) in [4.78, 5) is 35.6. The van der Waals surface area contributed by atoms with Crippen molar-refractivity contribution in [3.63, 3.8) is 0 Å². The number of hydrogen-bond donors (Lipinski definition) is 7. The van der Waals surface area contributed by atoms with Gasteiger partial charge >= 0.3 is 19.8 Å². The van der Waals surface area contributed by atoms with Crippen molar-refractivity contribution in [2.24, 2.45) is 0 Å². The van der Waals surface area contributed by atoms with Gasteiger partial charge in [-0.2, -0.15) is 0 Å². The summed E-state index contributed by atoms with van der Waals surface area (Å²) in [5.74, 6) is -1.19. The molecule has 9 atom stereocenters. The molecular formula is C45H77O14P. The summed E-state index contributed by atoms with van der Waals surface area (Å²) < 4.78 is 33.4. The fourth-order valence-electron chi connectivity index (χ4n) is 6.27. The molecule has 1 saturated carbocycles. The fraction of sp³-hybridized carbons (Fsp3) is 0.733. The summed E-state index contributed by atoms with van der Waals surface area (Å²) >= 11 is 0. The average molecular weight is 873 g/mol. The van der Waals surface area contributed by atoms with Crippen molar-refractivity contribution in [1.29, 1.82) is 0 Å². The van der Waals surface area contributed by atoms with Crippen LogP contribution in [-0.4, -0.2) is 110 Å². The Bertz CT molecular complexity index is 1300. The minimum atomic E-state index is -5.14. The number of phosphoric acid groups is 1. The molecule has 1 rings (SSSR count). The van der Waals surface area contributed by atoms with Crippen molar-refractivity contribution in [3.8, 4) is 0 Å². The van der Waals surface area contributed by atoms with Crippen LogP contribution < -0.4 is 0 Å². The van der Waals surface area contributed by atoms with E-state index >= 15 is 0 Å². The van der Waals surface area contributed by atoms with Gasteiger partial charge in [-0.25, -0.2) is 4.57 Å². The maximum atomic E-state index is 12.8. The van der Waals surface area contributed by atoms with Gasteiger partial charge in [-0.15, -0.1) is 0 Å². The molecular weight excluding hydrogens is 795 g/mol. The minimum absolute atomic E-state index is 0.0739. The molecule has 0 aromatic carbocycles. The summed E-state index contributed by atoms with van der Waals surface area (Å²) in [6.07, 6.45) is 25.2. The largest absolute Gasteiger partial charge is 0.472 e. The summed E-state index contributed by atoms with van der Waals surface area (Å²) in [6, 6.07) is 0. The topological polar surface area (TPSA) is 230 Å². The van der Waals surface area contributed by atoms with E-state index in [9.17, 15) is 49.7 Å². The number of phosphoric ester groups is 1. The minimum Gasteiger partial charge on any atom is -0.462 e. The Morgan fingerprint density at radius 2 is 1.08 bits per heavy atom. The van der Waals surface area contributed by atoms with Gasteiger partial charge < -0.3 is 45.0 Å². The molecule has 1 fully saturated rings. The van der Waals surface area contributed by atoms with Gasteiger partial charge in [0.05, 0.1) is 12.7 Å². The van der Waals surface area contributed by atoms with Crippen LogP contribution >= 0.6 is 7.82 Å². The third kappa shape index (κ3) is 27.5. The van der Waals surface area contributed by atoms with Gasteiger partial charge in [0.25, 0.3) is 0 Å². The first-order chi connectivity index (χ1) is 28.8. The number of ether oxygens (including phenoxy) is 2. The van der Waals surface area contributed by atoms with Gasteiger partial charge in [0.2, 0.25) is 0 Å². The molecule has 7 N–H and O–H groups in total. The van der Waals surface area contributed by atoms with Crippen LogP contribution in [-0.2, 0) is 32.7 Å². The molecule has 0 saturated heterocycles. The van der Waals surface area contributed by atoms with Crippen LogP contribution in [0, 0.1) is 0 Å². The summed E-state index contributed by atoms with van der Waals surface area (Å²) in [5.41, 5.74) is 0. The molecule has 0 heterocycles. The van der Waals surface area contributed by atoms with E-state index in [0.717, 1.165) is 44.9 Å². The van der Waals surface area contributed by atoms with Gasteiger partial charge in [0.1, 0.15) is 43.2 Å². The van der Waals surface area contributed by atoms with Gasteiger partial charge in [-0.1, -0.05) is 152 Å². The Labute approximate surface area is 358 Å². The highest BCUT2D eigenvalue weighted by Gasteiger charge is 2.51. The van der Waals surface area contributed by atoms with Crippen molar-refractivity contribution in [2.75, 3.05) is 13.2 Å². The van der Waals surface area contributed by atoms with E-state index in [2.05, 4.69) is 31.2 Å². The second-order valence-corrected chi connectivity index (χ2v) is 16.8. The quantitative estimate of drug-likeness (QED) is 0.0110. The van der Waals surface area contributed by atoms with Gasteiger partial charge in [-0.3, -0.25) is 18.6 Å². The van der Waals surface area contributed by atoms with Crippen LogP contribution in [0.3, 0.4) is 0 Å². The van der Waals surface area contributed by atoms with Crippen molar-refractivity contribution < 1.29 is 68.2 Å². The standard InChI is InChI=1S/C45H77O14P/c1-3-5-6-7-8-9-10-13-18-21-24-27-30-33-39(48)58-37(35-57-60(54,55)59-45-43(52)41(50)40(49)42(51)44(45)53)34-56-38(47)32-29-26-23-20-17-15-12-11-14-16-19-22-25-28-31-36(46)4-2/h12,14-16,20,22-23,25,28,31,36-37,40-46,49-53H,3-11,13,17-19,21,24,26-27,29-30,32-35H2,1-2H3,(H,54,55)/b15-12-,16-14-,23-20-,25-22-,31-28+/t36-,37+,40?,41-,42+,43+,44+,45?/m0/s1. The van der Waals surface area contributed by atoms with E-state index in [1.165, 1.54) is 51.4 Å². The summed E-state index contributed by atoms with van der Waals surface area (Å²) in [7, 11) is -5.14. The summed E-state index contributed by atoms with van der Waals surface area (Å²) in [6.45, 7) is 2.90. The lowest BCUT2D eigenvalue weighted by atomic mass is 9.85. The van der Waals surface area contributed by atoms with Crippen molar-refractivity contribution in [2.45, 2.75) is 198 Å². The second-order valence-electron chi connectivity index (χ2n) is 15.4. The van der Waals surface area contributed by atoms with E-state index in [-0.39, 0.29) is 12.8 Å². The Morgan fingerprint density at radius 1 is 0.600 bits per heavy atom. The average Bonchev–Trinajstić information content (AvgIpc) is 3.23. The monoisotopic (exact) mass is 873 g/mol. The molecule has 0 aromatic heterocycles. The smallest absolute Gasteiger partial charge is 0.462 e. The Kier molecular flexibility index (Phi) is 32.4. The molecule has 15 heteroatoms. The van der Waals surface area contributed by atoms with Crippen molar-refractivity contribution in [1.82, 2.24) is 0 Å². The lowest BCUT2D eigenvalue weighted by Crippen LogP contribution is -2.64. The lowest BCUT2D eigenvalue weighted by molar-refractivity contribution is -0.220. The summed E-state index contributed by atoms with van der Waals surface area (Å²) in [5, 5.41) is 59.5. The molecule has 0 aliphatic heterocycles. The third-order valence-electron chi connectivity index (χ3n) is 10.0. The molecule has 1 aliphatic rings. The molecule has 14 nitrogen and oxygen atoms in total. The number of aliphatic hydroxyl groups excluding tert-OH is 6. The first-order valence-electron chi connectivity index (χ1n) is 22.2. The lowest BCUT2D eigenvalue weighted by Gasteiger charge is -2.41. The zero-order chi connectivity index (χ0) is 44.4. The van der Waals surface area contributed by atoms with E-state index in [4.69, 9.17) is 18.5 Å². The molecule has 3 unspecified atom stereocenters. The van der Waals surface area contributed by atoms with Crippen LogP contribution in [0.15, 0.2) is 60.8 Å². The fourth-order valence-corrected chi connectivity index (χ4v) is 7.25. The first-order valence-corrected chi connectivity index (χ1v) is 23.7. The first kappa shape index (κ1) is 55.5. The van der Waals surface area contributed by atoms with Gasteiger partial charge in [0, 0.05) is 12.8 Å². The molecule has 0 amide bonds. The van der Waals surface area contributed by atoms with Crippen LogP contribution in [0.5, 0.6) is 0 Å². The number of aliphatic hydroxyl groups is 6. The third-order valence-corrected chi connectivity index (χ3v) is 11.0. The molecule has 60 heavy (non-hydrogen) atoms. The Balaban J connectivity index is 2.52. The highest BCUT2D eigenvalue weighted by molar-refractivity contribution is 7.47. The van der Waals surface area contributed by atoms with Crippen LogP contribution in [0.4, 0.5) is 0 Å². The van der Waals surface area contributed by atoms with Gasteiger partial charge in [-0.05, 0) is 44.9 Å². The number of allylic oxidation sites excluding steroid dienone is 9. The normalized spacial score (nSPS) is 23.3. The highest BCUT2D eigenvalue weighted by atomic mass is 31.2. The number of unbranched alkanes of at least 4 members (excludes halogenated alkanes) is 13. The number of rotatable bonds is 35. The Morgan fingerprint density at radius 3 is 1.63 bits per heavy atom. The maximum Gasteiger partial charge on any atom is 0.472 e. The number of esters is 2. The van der Waals surface area contributed by atoms with Crippen LogP contribution in [0.1, 0.15) is 149 Å². The number of carbonyl (C=O) groups is 2. The second kappa shape index (κ2) is 35.0. The van der Waals surface area contributed by atoms with Crippen molar-refractivity contribution >= 4 is 19.8 Å². The van der Waals surface area contributed by atoms with Crippen LogP contribution in [0.25, 0.3) is 0 Å². The molecule has 0 spiro atoms. The van der Waals surface area contributed by atoms with E-state index < -0.39 is 81.8 Å².